The Labute approximate surface area is 176 Å². The van der Waals surface area contributed by atoms with E-state index in [0.29, 0.717) is 30.8 Å². The molecule has 4 heterocycles. The highest BCUT2D eigenvalue weighted by Gasteiger charge is 2.48. The third kappa shape index (κ3) is 4.65. The topological polar surface area (TPSA) is 73.0 Å². The highest BCUT2D eigenvalue weighted by molar-refractivity contribution is 7.88. The van der Waals surface area contributed by atoms with Crippen molar-refractivity contribution in [2.75, 3.05) is 39.0 Å². The SMILES string of the molecule is CC1NN2CCC(C3CCN(S(C)(=O)=O)CC3)CC2C1C(=O)N1CCCCCC1. The summed E-state index contributed by atoms with van der Waals surface area (Å²) >= 11 is 0. The first kappa shape index (κ1) is 21.5. The summed E-state index contributed by atoms with van der Waals surface area (Å²) < 4.78 is 25.3. The molecule has 166 valence electrons. The van der Waals surface area contributed by atoms with Crippen LogP contribution in [0.15, 0.2) is 0 Å². The van der Waals surface area contributed by atoms with Gasteiger partial charge in [-0.1, -0.05) is 12.8 Å². The van der Waals surface area contributed by atoms with Gasteiger partial charge in [0.05, 0.1) is 12.2 Å². The van der Waals surface area contributed by atoms with Crippen molar-refractivity contribution in [3.05, 3.63) is 0 Å². The Kier molecular flexibility index (Phi) is 6.54. The fraction of sp³-hybridized carbons (Fsp3) is 0.952. The largest absolute Gasteiger partial charge is 0.342 e. The fourth-order valence-corrected chi connectivity index (χ4v) is 7.06. The molecule has 0 spiro atoms. The second kappa shape index (κ2) is 8.81. The lowest BCUT2D eigenvalue weighted by Crippen LogP contribution is -2.50. The number of piperidine rings is 2. The molecule has 4 aliphatic heterocycles. The first-order valence-corrected chi connectivity index (χ1v) is 13.5. The lowest BCUT2D eigenvalue weighted by atomic mass is 9.74. The van der Waals surface area contributed by atoms with Crippen molar-refractivity contribution in [3.8, 4) is 0 Å². The Hall–Kier alpha value is -0.700. The molecule has 0 radical (unpaired) electrons. The van der Waals surface area contributed by atoms with Crippen LogP contribution in [0.25, 0.3) is 0 Å². The number of carbonyl (C=O) groups is 1. The van der Waals surface area contributed by atoms with E-state index in [1.165, 1.54) is 19.1 Å². The minimum Gasteiger partial charge on any atom is -0.342 e. The molecular formula is C21H38N4O3S. The van der Waals surface area contributed by atoms with Crippen LogP contribution in [0, 0.1) is 17.8 Å². The molecule has 0 aromatic carbocycles. The number of carbonyl (C=O) groups excluding carboxylic acids is 1. The maximum atomic E-state index is 13.4. The summed E-state index contributed by atoms with van der Waals surface area (Å²) in [7, 11) is -3.07. The summed E-state index contributed by atoms with van der Waals surface area (Å²) in [6, 6.07) is 0.481. The smallest absolute Gasteiger partial charge is 0.228 e. The van der Waals surface area contributed by atoms with E-state index in [1.807, 2.05) is 0 Å². The van der Waals surface area contributed by atoms with Crippen LogP contribution in [-0.2, 0) is 14.8 Å². The van der Waals surface area contributed by atoms with Gasteiger partial charge in [-0.15, -0.1) is 0 Å². The number of sulfonamides is 1. The summed E-state index contributed by atoms with van der Waals surface area (Å²) in [6.45, 7) is 6.30. The zero-order valence-electron chi connectivity index (χ0n) is 18.1. The van der Waals surface area contributed by atoms with Gasteiger partial charge in [-0.2, -0.15) is 0 Å². The summed E-state index contributed by atoms with van der Waals surface area (Å²) in [5.74, 6) is 1.59. The van der Waals surface area contributed by atoms with Crippen LogP contribution in [0.5, 0.6) is 0 Å². The Morgan fingerprint density at radius 2 is 1.52 bits per heavy atom. The number of nitrogens with zero attached hydrogens (tertiary/aromatic N) is 3. The minimum absolute atomic E-state index is 0.0482. The van der Waals surface area contributed by atoms with Crippen molar-refractivity contribution in [3.63, 3.8) is 0 Å². The first-order chi connectivity index (χ1) is 13.8. The molecule has 0 aliphatic carbocycles. The summed E-state index contributed by atoms with van der Waals surface area (Å²) in [5.41, 5.74) is 3.59. The zero-order chi connectivity index (χ0) is 20.6. The number of hydrogen-bond acceptors (Lipinski definition) is 5. The Morgan fingerprint density at radius 3 is 2.14 bits per heavy atom. The van der Waals surface area contributed by atoms with E-state index in [4.69, 9.17) is 0 Å². The van der Waals surface area contributed by atoms with E-state index in [1.54, 1.807) is 4.31 Å². The van der Waals surface area contributed by atoms with E-state index < -0.39 is 10.0 Å². The molecule has 4 fully saturated rings. The van der Waals surface area contributed by atoms with Gasteiger partial charge in [-0.05, 0) is 57.3 Å². The predicted molar refractivity (Wildman–Crippen MR) is 113 cm³/mol. The van der Waals surface area contributed by atoms with Crippen LogP contribution in [0.4, 0.5) is 0 Å². The van der Waals surface area contributed by atoms with Crippen LogP contribution in [0.3, 0.4) is 0 Å². The highest BCUT2D eigenvalue weighted by atomic mass is 32.2. The molecule has 29 heavy (non-hydrogen) atoms. The molecular weight excluding hydrogens is 388 g/mol. The van der Waals surface area contributed by atoms with Crippen molar-refractivity contribution in [2.45, 2.75) is 70.4 Å². The number of fused-ring (bicyclic) bond motifs is 1. The Balaban J connectivity index is 1.40. The van der Waals surface area contributed by atoms with Crippen molar-refractivity contribution in [1.29, 1.82) is 0 Å². The Morgan fingerprint density at radius 1 is 0.897 bits per heavy atom. The molecule has 4 rings (SSSR count). The number of likely N-dealkylation sites (tertiary alicyclic amines) is 1. The van der Waals surface area contributed by atoms with Crippen molar-refractivity contribution in [2.24, 2.45) is 17.8 Å². The zero-order valence-corrected chi connectivity index (χ0v) is 18.9. The third-order valence-corrected chi connectivity index (χ3v) is 9.15. The van der Waals surface area contributed by atoms with Gasteiger partial charge in [0.1, 0.15) is 0 Å². The van der Waals surface area contributed by atoms with Crippen LogP contribution in [-0.4, -0.2) is 79.6 Å². The van der Waals surface area contributed by atoms with Crippen molar-refractivity contribution >= 4 is 15.9 Å². The van der Waals surface area contributed by atoms with Crippen molar-refractivity contribution in [1.82, 2.24) is 19.6 Å². The molecule has 4 aliphatic rings. The van der Waals surface area contributed by atoms with Crippen LogP contribution >= 0.6 is 0 Å². The number of amides is 1. The molecule has 0 bridgehead atoms. The molecule has 4 atom stereocenters. The van der Waals surface area contributed by atoms with E-state index in [0.717, 1.165) is 58.2 Å². The van der Waals surface area contributed by atoms with Gasteiger partial charge in [0.2, 0.25) is 15.9 Å². The first-order valence-electron chi connectivity index (χ1n) is 11.6. The molecule has 0 saturated carbocycles. The van der Waals surface area contributed by atoms with Gasteiger partial charge in [0.15, 0.2) is 0 Å². The average molecular weight is 427 g/mol. The molecule has 4 unspecified atom stereocenters. The fourth-order valence-electron chi connectivity index (χ4n) is 6.19. The predicted octanol–water partition coefficient (Wildman–Crippen LogP) is 1.66. The molecule has 7 nitrogen and oxygen atoms in total. The monoisotopic (exact) mass is 426 g/mol. The molecule has 1 N–H and O–H groups in total. The van der Waals surface area contributed by atoms with Gasteiger partial charge in [-0.25, -0.2) is 17.7 Å². The number of hydrazine groups is 1. The number of rotatable bonds is 3. The van der Waals surface area contributed by atoms with Gasteiger partial charge in [0.25, 0.3) is 0 Å². The Bertz CT molecular complexity index is 684. The van der Waals surface area contributed by atoms with E-state index >= 15 is 0 Å². The summed E-state index contributed by atoms with van der Waals surface area (Å²) in [4.78, 5) is 15.6. The third-order valence-electron chi connectivity index (χ3n) is 7.85. The maximum absolute atomic E-state index is 13.4. The maximum Gasteiger partial charge on any atom is 0.228 e. The molecule has 1 amide bonds. The van der Waals surface area contributed by atoms with Crippen molar-refractivity contribution < 1.29 is 13.2 Å². The second-order valence-electron chi connectivity index (χ2n) is 9.73. The van der Waals surface area contributed by atoms with Crippen LogP contribution in [0.2, 0.25) is 0 Å². The van der Waals surface area contributed by atoms with Gasteiger partial charge in [0, 0.05) is 44.8 Å². The van der Waals surface area contributed by atoms with E-state index in [-0.39, 0.29) is 18.0 Å². The lowest BCUT2D eigenvalue weighted by Gasteiger charge is -2.42. The van der Waals surface area contributed by atoms with Gasteiger partial charge in [-0.3, -0.25) is 10.2 Å². The second-order valence-corrected chi connectivity index (χ2v) is 11.7. The molecule has 4 saturated heterocycles. The van der Waals surface area contributed by atoms with Gasteiger partial charge >= 0.3 is 0 Å². The van der Waals surface area contributed by atoms with E-state index in [9.17, 15) is 13.2 Å². The van der Waals surface area contributed by atoms with Crippen LogP contribution < -0.4 is 5.43 Å². The minimum atomic E-state index is -3.07. The molecule has 0 aromatic heterocycles. The normalized spacial score (nSPS) is 36.0. The summed E-state index contributed by atoms with van der Waals surface area (Å²) in [6.07, 6.45) is 10.2. The quantitative estimate of drug-likeness (QED) is 0.743. The molecule has 8 heteroatoms. The standard InChI is InChI=1S/C21H38N4O3S/c1-16-20(21(26)23-10-5-3-4-6-11-23)19-15-18(9-14-25(19)22-16)17-7-12-24(13-8-17)29(2,27)28/h16-20,22H,3-15H2,1-2H3. The molecule has 0 aromatic rings. The van der Waals surface area contributed by atoms with E-state index in [2.05, 4.69) is 22.3 Å². The lowest BCUT2D eigenvalue weighted by molar-refractivity contribution is -0.137. The summed E-state index contributed by atoms with van der Waals surface area (Å²) in [5, 5.41) is 2.34. The highest BCUT2D eigenvalue weighted by Crippen LogP contribution is 2.40. The van der Waals surface area contributed by atoms with Crippen LogP contribution in [0.1, 0.15) is 58.3 Å². The van der Waals surface area contributed by atoms with Gasteiger partial charge < -0.3 is 4.90 Å². The number of hydrogen-bond donors (Lipinski definition) is 1. The average Bonchev–Trinajstić information content (AvgIpc) is 2.85. The number of nitrogens with one attached hydrogen (secondary N) is 1.